The van der Waals surface area contributed by atoms with E-state index in [-0.39, 0.29) is 5.92 Å². The highest BCUT2D eigenvalue weighted by molar-refractivity contribution is 5.87. The summed E-state index contributed by atoms with van der Waals surface area (Å²) in [4.78, 5) is 12.6. The van der Waals surface area contributed by atoms with E-state index in [9.17, 15) is 4.79 Å². The Hall–Kier alpha value is -2.08. The number of likely N-dealkylation sites (tertiary alicyclic amines) is 1. The van der Waals surface area contributed by atoms with E-state index in [0.717, 1.165) is 37.9 Å². The average molecular weight is 275 g/mol. The number of nitrogens with zero attached hydrogens (tertiary/aromatic N) is 2. The third kappa shape index (κ3) is 3.27. The number of nitrogens with one attached hydrogen (secondary N) is 1. The number of amides is 1. The topological polar surface area (TPSA) is 96.7 Å². The van der Waals surface area contributed by atoms with Crippen LogP contribution in [0.25, 0.3) is 0 Å². The molecule has 1 atom stereocenters. The molecule has 0 spiro atoms. The Morgan fingerprint density at radius 1 is 1.35 bits per heavy atom. The molecular weight excluding hydrogens is 254 g/mol. The smallest absolute Gasteiger partial charge is 0.209 e. The summed E-state index contributed by atoms with van der Waals surface area (Å²) in [5.41, 5.74) is 9.49. The van der Waals surface area contributed by atoms with Crippen LogP contribution in [0.15, 0.2) is 35.4 Å². The van der Waals surface area contributed by atoms with Gasteiger partial charge in [-0.1, -0.05) is 30.3 Å². The molecule has 0 aliphatic carbocycles. The number of benzene rings is 1. The Morgan fingerprint density at radius 3 is 2.55 bits per heavy atom. The van der Waals surface area contributed by atoms with Crippen LogP contribution in [0, 0.1) is 5.92 Å². The molecule has 0 saturated carbocycles. The van der Waals surface area contributed by atoms with E-state index in [1.807, 2.05) is 18.2 Å². The Morgan fingerprint density at radius 2 is 2.00 bits per heavy atom. The molecule has 0 radical (unpaired) electrons. The van der Waals surface area contributed by atoms with E-state index < -0.39 is 0 Å². The lowest BCUT2D eigenvalue weighted by molar-refractivity contribution is -0.119. The van der Waals surface area contributed by atoms with E-state index in [0.29, 0.717) is 11.8 Å². The second kappa shape index (κ2) is 6.91. The summed E-state index contributed by atoms with van der Waals surface area (Å²) in [6.45, 7) is 1.53. The number of rotatable bonds is 5. The normalized spacial score (nSPS) is 18.6. The lowest BCUT2D eigenvalue weighted by Gasteiger charge is -2.34. The molecule has 1 amide bonds. The van der Waals surface area contributed by atoms with Crippen molar-refractivity contribution in [3.8, 4) is 0 Å². The van der Waals surface area contributed by atoms with Gasteiger partial charge in [0.25, 0.3) is 0 Å². The number of amidine groups is 1. The standard InChI is InChI=1S/C14H21N5O/c15-14(17-18-16)13(11-4-2-1-3-5-11)12-6-8-19(10-20)9-7-12/h1-5,10,12-13,18H,6-9,16H2,(H2,15,17). The molecule has 20 heavy (non-hydrogen) atoms. The highest BCUT2D eigenvalue weighted by Gasteiger charge is 2.30. The van der Waals surface area contributed by atoms with Crippen LogP contribution in [0.5, 0.6) is 0 Å². The van der Waals surface area contributed by atoms with Gasteiger partial charge < -0.3 is 10.6 Å². The fourth-order valence-corrected chi connectivity index (χ4v) is 2.85. The van der Waals surface area contributed by atoms with Crippen molar-refractivity contribution >= 4 is 12.2 Å². The average Bonchev–Trinajstić information content (AvgIpc) is 2.50. The van der Waals surface area contributed by atoms with Crippen LogP contribution in [-0.2, 0) is 4.79 Å². The maximum atomic E-state index is 10.8. The summed E-state index contributed by atoms with van der Waals surface area (Å²) in [5, 5.41) is 3.95. The summed E-state index contributed by atoms with van der Waals surface area (Å²) in [6.07, 6.45) is 2.74. The van der Waals surface area contributed by atoms with Crippen LogP contribution in [0.3, 0.4) is 0 Å². The van der Waals surface area contributed by atoms with Crippen molar-refractivity contribution in [1.82, 2.24) is 10.4 Å². The highest BCUT2D eigenvalue weighted by Crippen LogP contribution is 2.32. The number of carbonyl (C=O) groups excluding carboxylic acids is 1. The van der Waals surface area contributed by atoms with Crippen molar-refractivity contribution in [2.45, 2.75) is 18.8 Å². The molecule has 1 fully saturated rings. The summed E-state index contributed by atoms with van der Waals surface area (Å²) in [6, 6.07) is 10.1. The largest absolute Gasteiger partial charge is 0.385 e. The SMILES string of the molecule is NN/N=C(\N)C(c1ccccc1)C1CCN(C=O)CC1. The Bertz CT molecular complexity index is 454. The lowest BCUT2D eigenvalue weighted by Crippen LogP contribution is -2.39. The second-order valence-corrected chi connectivity index (χ2v) is 5.03. The second-order valence-electron chi connectivity index (χ2n) is 5.03. The van der Waals surface area contributed by atoms with Gasteiger partial charge in [-0.2, -0.15) is 5.10 Å². The summed E-state index contributed by atoms with van der Waals surface area (Å²) < 4.78 is 0. The molecule has 108 valence electrons. The van der Waals surface area contributed by atoms with E-state index in [1.54, 1.807) is 4.90 Å². The van der Waals surface area contributed by atoms with E-state index >= 15 is 0 Å². The van der Waals surface area contributed by atoms with Crippen LogP contribution in [-0.4, -0.2) is 30.2 Å². The van der Waals surface area contributed by atoms with Crippen molar-refractivity contribution in [3.05, 3.63) is 35.9 Å². The van der Waals surface area contributed by atoms with E-state index in [4.69, 9.17) is 11.6 Å². The molecule has 0 bridgehead atoms. The first-order valence-corrected chi connectivity index (χ1v) is 6.79. The van der Waals surface area contributed by atoms with Gasteiger partial charge in [0, 0.05) is 19.0 Å². The minimum Gasteiger partial charge on any atom is -0.385 e. The maximum Gasteiger partial charge on any atom is 0.209 e. The van der Waals surface area contributed by atoms with Crippen molar-refractivity contribution in [2.75, 3.05) is 13.1 Å². The third-order valence-corrected chi connectivity index (χ3v) is 3.87. The maximum absolute atomic E-state index is 10.8. The van der Waals surface area contributed by atoms with Gasteiger partial charge in [0.2, 0.25) is 6.41 Å². The zero-order chi connectivity index (χ0) is 14.4. The lowest BCUT2D eigenvalue weighted by atomic mass is 9.79. The Balaban J connectivity index is 2.20. The van der Waals surface area contributed by atoms with Crippen molar-refractivity contribution in [3.63, 3.8) is 0 Å². The van der Waals surface area contributed by atoms with Gasteiger partial charge in [-0.05, 0) is 24.3 Å². The molecule has 0 aromatic heterocycles. The molecule has 6 heteroatoms. The molecule has 1 saturated heterocycles. The minimum atomic E-state index is 0.0288. The number of hydrazone groups is 1. The molecular formula is C14H21N5O. The van der Waals surface area contributed by atoms with Crippen molar-refractivity contribution < 1.29 is 4.79 Å². The van der Waals surface area contributed by atoms with Gasteiger partial charge >= 0.3 is 0 Å². The highest BCUT2D eigenvalue weighted by atomic mass is 16.1. The molecule has 1 aromatic carbocycles. The fourth-order valence-electron chi connectivity index (χ4n) is 2.85. The fraction of sp³-hybridized carbons (Fsp3) is 0.429. The number of nitrogens with two attached hydrogens (primary N) is 2. The molecule has 5 N–H and O–H groups in total. The van der Waals surface area contributed by atoms with Gasteiger partial charge in [-0.15, -0.1) is 0 Å². The van der Waals surface area contributed by atoms with Gasteiger partial charge in [-0.25, -0.2) is 11.4 Å². The minimum absolute atomic E-state index is 0.0288. The van der Waals surface area contributed by atoms with Gasteiger partial charge in [-0.3, -0.25) is 4.79 Å². The zero-order valence-corrected chi connectivity index (χ0v) is 11.4. The quantitative estimate of drug-likeness (QED) is 0.238. The molecule has 1 unspecified atom stereocenters. The van der Waals surface area contributed by atoms with Crippen molar-refractivity contribution in [1.29, 1.82) is 0 Å². The van der Waals surface area contributed by atoms with Crippen LogP contribution >= 0.6 is 0 Å². The molecule has 1 aliphatic rings. The summed E-state index contributed by atoms with van der Waals surface area (Å²) >= 11 is 0. The Labute approximate surface area is 118 Å². The number of carbonyl (C=O) groups is 1. The summed E-state index contributed by atoms with van der Waals surface area (Å²) in [7, 11) is 0. The number of hydrogen-bond acceptors (Lipinski definition) is 4. The predicted octanol–water partition coefficient (Wildman–Crippen LogP) is 0.374. The van der Waals surface area contributed by atoms with Crippen LogP contribution in [0.1, 0.15) is 24.3 Å². The zero-order valence-electron chi connectivity index (χ0n) is 11.4. The first-order chi connectivity index (χ1) is 9.76. The Kier molecular flexibility index (Phi) is 4.95. The summed E-state index contributed by atoms with van der Waals surface area (Å²) in [5.74, 6) is 6.13. The molecule has 1 aromatic rings. The van der Waals surface area contributed by atoms with E-state index in [2.05, 4.69) is 22.8 Å². The first-order valence-electron chi connectivity index (χ1n) is 6.79. The van der Waals surface area contributed by atoms with Gasteiger partial charge in [0.05, 0.1) is 0 Å². The molecule has 1 heterocycles. The number of hydrogen-bond donors (Lipinski definition) is 3. The first kappa shape index (κ1) is 14.3. The monoisotopic (exact) mass is 275 g/mol. The van der Waals surface area contributed by atoms with Gasteiger partial charge in [0.1, 0.15) is 5.84 Å². The third-order valence-electron chi connectivity index (χ3n) is 3.87. The van der Waals surface area contributed by atoms with Crippen molar-refractivity contribution in [2.24, 2.45) is 22.6 Å². The molecule has 6 nitrogen and oxygen atoms in total. The number of hydrazine groups is 1. The van der Waals surface area contributed by atoms with Gasteiger partial charge in [0.15, 0.2) is 0 Å². The van der Waals surface area contributed by atoms with Crippen LogP contribution in [0.2, 0.25) is 0 Å². The number of piperidine rings is 1. The molecule has 2 rings (SSSR count). The predicted molar refractivity (Wildman–Crippen MR) is 78.5 cm³/mol. The van der Waals surface area contributed by atoms with E-state index in [1.165, 1.54) is 0 Å². The van der Waals surface area contributed by atoms with Crippen LogP contribution in [0.4, 0.5) is 0 Å². The molecule has 1 aliphatic heterocycles. The van der Waals surface area contributed by atoms with Crippen LogP contribution < -0.4 is 17.1 Å².